The SMILES string of the molecule is CCC1=Nc2ccc(Br)cc2[C@H](c2ccccc2)N1CC(=O)O. The summed E-state index contributed by atoms with van der Waals surface area (Å²) in [6, 6.07) is 15.8. The molecule has 0 fully saturated rings. The maximum atomic E-state index is 11.4. The van der Waals surface area contributed by atoms with Gasteiger partial charge < -0.3 is 10.0 Å². The lowest BCUT2D eigenvalue weighted by atomic mass is 9.93. The molecular formula is C18H17BrN2O2. The third kappa shape index (κ3) is 3.15. The van der Waals surface area contributed by atoms with Crippen LogP contribution in [0.3, 0.4) is 0 Å². The van der Waals surface area contributed by atoms with Crippen LogP contribution in [0.5, 0.6) is 0 Å². The molecule has 0 aliphatic carbocycles. The number of fused-ring (bicyclic) bond motifs is 1. The number of carbonyl (C=O) groups is 1. The molecule has 2 aromatic carbocycles. The zero-order valence-electron chi connectivity index (χ0n) is 12.7. The number of halogens is 1. The maximum Gasteiger partial charge on any atom is 0.323 e. The van der Waals surface area contributed by atoms with Gasteiger partial charge in [-0.3, -0.25) is 4.79 Å². The van der Waals surface area contributed by atoms with Gasteiger partial charge in [0.2, 0.25) is 0 Å². The molecule has 0 unspecified atom stereocenters. The van der Waals surface area contributed by atoms with E-state index >= 15 is 0 Å². The van der Waals surface area contributed by atoms with Crippen LogP contribution in [0.4, 0.5) is 5.69 Å². The van der Waals surface area contributed by atoms with Crippen molar-refractivity contribution in [1.29, 1.82) is 0 Å². The van der Waals surface area contributed by atoms with Crippen molar-refractivity contribution in [3.05, 3.63) is 64.1 Å². The second-order valence-electron chi connectivity index (χ2n) is 5.42. The number of rotatable bonds is 4. The quantitative estimate of drug-likeness (QED) is 0.866. The lowest BCUT2D eigenvalue weighted by molar-refractivity contribution is -0.137. The fourth-order valence-electron chi connectivity index (χ4n) is 2.97. The predicted octanol–water partition coefficient (Wildman–Crippen LogP) is 4.38. The molecule has 5 heteroatoms. The van der Waals surface area contributed by atoms with Crippen molar-refractivity contribution >= 4 is 33.4 Å². The summed E-state index contributed by atoms with van der Waals surface area (Å²) in [6.07, 6.45) is 0.687. The molecule has 4 nitrogen and oxygen atoms in total. The molecule has 2 aromatic rings. The van der Waals surface area contributed by atoms with E-state index in [2.05, 4.69) is 20.9 Å². The summed E-state index contributed by atoms with van der Waals surface area (Å²) in [6.45, 7) is 1.93. The van der Waals surface area contributed by atoms with Gasteiger partial charge in [-0.1, -0.05) is 53.2 Å². The molecule has 0 amide bonds. The first-order valence-electron chi connectivity index (χ1n) is 7.50. The van der Waals surface area contributed by atoms with Crippen LogP contribution in [0.2, 0.25) is 0 Å². The molecule has 1 atom stereocenters. The molecular weight excluding hydrogens is 356 g/mol. The van der Waals surface area contributed by atoms with E-state index in [9.17, 15) is 9.90 Å². The third-order valence-corrected chi connectivity index (χ3v) is 4.41. The molecule has 23 heavy (non-hydrogen) atoms. The Morgan fingerprint density at radius 1 is 1.26 bits per heavy atom. The Hall–Kier alpha value is -2.14. The number of hydrogen-bond acceptors (Lipinski definition) is 3. The molecule has 118 valence electrons. The van der Waals surface area contributed by atoms with Crippen LogP contribution >= 0.6 is 15.9 Å². The molecule has 0 bridgehead atoms. The summed E-state index contributed by atoms with van der Waals surface area (Å²) in [5, 5.41) is 9.34. The summed E-state index contributed by atoms with van der Waals surface area (Å²) in [5.74, 6) is -0.0541. The zero-order chi connectivity index (χ0) is 16.4. The number of carboxylic acids is 1. The summed E-state index contributed by atoms with van der Waals surface area (Å²) in [7, 11) is 0. The average molecular weight is 373 g/mol. The minimum Gasteiger partial charge on any atom is -0.480 e. The average Bonchev–Trinajstić information content (AvgIpc) is 2.54. The lowest BCUT2D eigenvalue weighted by Gasteiger charge is -2.37. The van der Waals surface area contributed by atoms with Gasteiger partial charge in [-0.2, -0.15) is 0 Å². The fraction of sp³-hybridized carbons (Fsp3) is 0.222. The Morgan fingerprint density at radius 2 is 2.00 bits per heavy atom. The first-order chi connectivity index (χ1) is 11.1. The Labute approximate surface area is 143 Å². The van der Waals surface area contributed by atoms with Crippen molar-refractivity contribution in [3.8, 4) is 0 Å². The first-order valence-corrected chi connectivity index (χ1v) is 8.30. The Balaban J connectivity index is 2.19. The van der Waals surface area contributed by atoms with Gasteiger partial charge in [-0.05, 0) is 23.8 Å². The maximum absolute atomic E-state index is 11.4. The van der Waals surface area contributed by atoms with Gasteiger partial charge in [-0.25, -0.2) is 4.99 Å². The number of amidine groups is 1. The van der Waals surface area contributed by atoms with Crippen LogP contribution in [0, 0.1) is 0 Å². The van der Waals surface area contributed by atoms with Crippen LogP contribution in [0.15, 0.2) is 58.0 Å². The van der Waals surface area contributed by atoms with Crippen molar-refractivity contribution in [2.45, 2.75) is 19.4 Å². The van der Waals surface area contributed by atoms with E-state index < -0.39 is 5.97 Å². The molecule has 0 saturated carbocycles. The van der Waals surface area contributed by atoms with Gasteiger partial charge in [0, 0.05) is 16.5 Å². The standard InChI is InChI=1S/C18H17BrN2O2/c1-2-16-20-15-9-8-13(19)10-14(15)18(21(16)11-17(22)23)12-6-4-3-5-7-12/h3-10,18H,2,11H2,1H3,(H,22,23)/t18-/m0/s1. The number of aliphatic imine (C=N–C) groups is 1. The van der Waals surface area contributed by atoms with Crippen LogP contribution in [-0.2, 0) is 4.79 Å². The smallest absolute Gasteiger partial charge is 0.323 e. The van der Waals surface area contributed by atoms with Gasteiger partial charge in [-0.15, -0.1) is 0 Å². The Bertz CT molecular complexity index is 759. The number of benzene rings is 2. The summed E-state index contributed by atoms with van der Waals surface area (Å²) >= 11 is 3.51. The van der Waals surface area contributed by atoms with E-state index in [1.165, 1.54) is 0 Å². The highest BCUT2D eigenvalue weighted by molar-refractivity contribution is 9.10. The molecule has 0 spiro atoms. The molecule has 1 N–H and O–H groups in total. The van der Waals surface area contributed by atoms with Gasteiger partial charge in [0.1, 0.15) is 12.4 Å². The summed E-state index contributed by atoms with van der Waals surface area (Å²) < 4.78 is 0.961. The second-order valence-corrected chi connectivity index (χ2v) is 6.34. The van der Waals surface area contributed by atoms with Crippen molar-refractivity contribution in [2.75, 3.05) is 6.54 Å². The van der Waals surface area contributed by atoms with Gasteiger partial charge in [0.05, 0.1) is 11.7 Å². The molecule has 3 rings (SSSR count). The Morgan fingerprint density at radius 3 is 2.65 bits per heavy atom. The van der Waals surface area contributed by atoms with Crippen LogP contribution in [0.25, 0.3) is 0 Å². The Kier molecular flexibility index (Phi) is 4.48. The van der Waals surface area contributed by atoms with E-state index in [0.29, 0.717) is 6.42 Å². The third-order valence-electron chi connectivity index (χ3n) is 3.91. The fourth-order valence-corrected chi connectivity index (χ4v) is 3.35. The van der Waals surface area contributed by atoms with Crippen molar-refractivity contribution in [2.24, 2.45) is 4.99 Å². The molecule has 1 aliphatic rings. The molecule has 0 aromatic heterocycles. The van der Waals surface area contributed by atoms with E-state index in [4.69, 9.17) is 0 Å². The van der Waals surface area contributed by atoms with Crippen LogP contribution in [-0.4, -0.2) is 28.4 Å². The monoisotopic (exact) mass is 372 g/mol. The van der Waals surface area contributed by atoms with E-state index in [1.54, 1.807) is 0 Å². The minimum absolute atomic E-state index is 0.0712. The number of carboxylic acid groups (broad SMARTS) is 1. The van der Waals surface area contributed by atoms with E-state index in [1.807, 2.05) is 60.4 Å². The number of nitrogens with zero attached hydrogens (tertiary/aromatic N) is 2. The topological polar surface area (TPSA) is 52.9 Å². The highest BCUT2D eigenvalue weighted by atomic mass is 79.9. The lowest BCUT2D eigenvalue weighted by Crippen LogP contribution is -2.40. The van der Waals surface area contributed by atoms with Crippen LogP contribution in [0.1, 0.15) is 30.5 Å². The second kappa shape index (κ2) is 6.54. The molecule has 1 aliphatic heterocycles. The van der Waals surface area contributed by atoms with Crippen molar-refractivity contribution < 1.29 is 9.90 Å². The van der Waals surface area contributed by atoms with Gasteiger partial charge in [0.25, 0.3) is 0 Å². The molecule has 0 radical (unpaired) electrons. The zero-order valence-corrected chi connectivity index (χ0v) is 14.3. The number of hydrogen-bond donors (Lipinski definition) is 1. The van der Waals surface area contributed by atoms with E-state index in [0.717, 1.165) is 27.1 Å². The summed E-state index contributed by atoms with van der Waals surface area (Å²) in [4.78, 5) is 17.9. The largest absolute Gasteiger partial charge is 0.480 e. The minimum atomic E-state index is -0.856. The number of aliphatic carboxylic acids is 1. The first kappa shape index (κ1) is 15.7. The van der Waals surface area contributed by atoms with Gasteiger partial charge in [0.15, 0.2) is 0 Å². The highest BCUT2D eigenvalue weighted by Gasteiger charge is 2.31. The summed E-state index contributed by atoms with van der Waals surface area (Å²) in [5.41, 5.74) is 2.98. The van der Waals surface area contributed by atoms with Crippen molar-refractivity contribution in [3.63, 3.8) is 0 Å². The molecule has 1 heterocycles. The van der Waals surface area contributed by atoms with Crippen LogP contribution < -0.4 is 0 Å². The predicted molar refractivity (Wildman–Crippen MR) is 94.2 cm³/mol. The van der Waals surface area contributed by atoms with Crippen molar-refractivity contribution in [1.82, 2.24) is 4.90 Å². The highest BCUT2D eigenvalue weighted by Crippen LogP contribution is 2.40. The van der Waals surface area contributed by atoms with E-state index in [-0.39, 0.29) is 12.6 Å². The normalized spacial score (nSPS) is 16.7. The van der Waals surface area contributed by atoms with Gasteiger partial charge >= 0.3 is 5.97 Å². The molecule has 0 saturated heterocycles.